The number of piperazine rings is 1. The van der Waals surface area contributed by atoms with Crippen LogP contribution < -0.4 is 0 Å². The van der Waals surface area contributed by atoms with Gasteiger partial charge in [0.15, 0.2) is 0 Å². The van der Waals surface area contributed by atoms with Gasteiger partial charge in [-0.3, -0.25) is 4.90 Å². The molecule has 0 amide bonds. The van der Waals surface area contributed by atoms with Crippen LogP contribution in [0.1, 0.15) is 12.7 Å². The van der Waals surface area contributed by atoms with Crippen molar-refractivity contribution in [2.45, 2.75) is 13.5 Å². The molecule has 4 heteroatoms. The van der Waals surface area contributed by atoms with E-state index < -0.39 is 0 Å². The fraction of sp³-hybridized carbons (Fsp3) is 0.412. The maximum Gasteiger partial charge on any atom is 0.135 e. The molecule has 3 nitrogen and oxygen atoms in total. The predicted octanol–water partition coefficient (Wildman–Crippen LogP) is 3.74. The van der Waals surface area contributed by atoms with Crippen molar-refractivity contribution in [1.29, 1.82) is 0 Å². The summed E-state index contributed by atoms with van der Waals surface area (Å²) in [5, 5.41) is 0.731. The van der Waals surface area contributed by atoms with Crippen molar-refractivity contribution in [3.05, 3.63) is 47.2 Å². The molecule has 0 aliphatic carbocycles. The standard InChI is InChI=1S/C17H21ClN2O/c1-2-19-9-11-20(12-10-19)13-14-7-8-17(21-14)15-5-3-4-6-16(15)18/h3-8H,2,9-13H2,1H3. The summed E-state index contributed by atoms with van der Waals surface area (Å²) >= 11 is 6.22. The molecule has 1 aliphatic heterocycles. The Morgan fingerprint density at radius 1 is 1.00 bits per heavy atom. The average Bonchev–Trinajstić information content (AvgIpc) is 2.97. The molecule has 21 heavy (non-hydrogen) atoms. The highest BCUT2D eigenvalue weighted by molar-refractivity contribution is 6.33. The minimum Gasteiger partial charge on any atom is -0.460 e. The van der Waals surface area contributed by atoms with Crippen LogP contribution in [0.2, 0.25) is 5.02 Å². The zero-order valence-corrected chi connectivity index (χ0v) is 13.1. The summed E-state index contributed by atoms with van der Waals surface area (Å²) in [7, 11) is 0. The molecule has 2 heterocycles. The van der Waals surface area contributed by atoms with Crippen molar-refractivity contribution in [3.63, 3.8) is 0 Å². The third-order valence-corrected chi connectivity index (χ3v) is 4.42. The Kier molecular flexibility index (Phi) is 4.63. The van der Waals surface area contributed by atoms with E-state index in [1.165, 1.54) is 0 Å². The maximum absolute atomic E-state index is 6.22. The Labute approximate surface area is 131 Å². The summed E-state index contributed by atoms with van der Waals surface area (Å²) in [6.07, 6.45) is 0. The van der Waals surface area contributed by atoms with E-state index in [1.807, 2.05) is 30.3 Å². The van der Waals surface area contributed by atoms with Crippen LogP contribution in [-0.2, 0) is 6.54 Å². The molecule has 0 saturated carbocycles. The summed E-state index contributed by atoms with van der Waals surface area (Å²) in [5.41, 5.74) is 0.959. The Morgan fingerprint density at radius 2 is 1.71 bits per heavy atom. The number of rotatable bonds is 4. The van der Waals surface area contributed by atoms with E-state index in [1.54, 1.807) is 0 Å². The van der Waals surface area contributed by atoms with Crippen LogP contribution in [-0.4, -0.2) is 42.5 Å². The van der Waals surface area contributed by atoms with Crippen LogP contribution in [0.3, 0.4) is 0 Å². The molecule has 0 bridgehead atoms. The van der Waals surface area contributed by atoms with Gasteiger partial charge in [-0.1, -0.05) is 30.7 Å². The van der Waals surface area contributed by atoms with E-state index >= 15 is 0 Å². The van der Waals surface area contributed by atoms with Gasteiger partial charge in [0.1, 0.15) is 11.5 Å². The first kappa shape index (κ1) is 14.6. The lowest BCUT2D eigenvalue weighted by molar-refractivity contribution is 0.125. The number of furan rings is 1. The minimum atomic E-state index is 0.731. The van der Waals surface area contributed by atoms with Gasteiger partial charge in [-0.15, -0.1) is 0 Å². The number of hydrogen-bond acceptors (Lipinski definition) is 3. The van der Waals surface area contributed by atoms with E-state index in [-0.39, 0.29) is 0 Å². The molecule has 0 radical (unpaired) electrons. The number of likely N-dealkylation sites (N-methyl/N-ethyl adjacent to an activating group) is 1. The molecule has 1 aliphatic rings. The Morgan fingerprint density at radius 3 is 2.43 bits per heavy atom. The Balaban J connectivity index is 1.65. The summed E-state index contributed by atoms with van der Waals surface area (Å²) in [5.74, 6) is 1.86. The van der Waals surface area contributed by atoms with Gasteiger partial charge >= 0.3 is 0 Å². The quantitative estimate of drug-likeness (QED) is 0.858. The molecule has 1 saturated heterocycles. The van der Waals surface area contributed by atoms with Crippen molar-refractivity contribution in [3.8, 4) is 11.3 Å². The summed E-state index contributed by atoms with van der Waals surface area (Å²) in [6.45, 7) is 8.75. The maximum atomic E-state index is 6.22. The molecule has 0 N–H and O–H groups in total. The van der Waals surface area contributed by atoms with Crippen molar-refractivity contribution in [2.24, 2.45) is 0 Å². The van der Waals surface area contributed by atoms with Gasteiger partial charge in [-0.25, -0.2) is 0 Å². The number of hydrogen-bond donors (Lipinski definition) is 0. The predicted molar refractivity (Wildman–Crippen MR) is 86.5 cm³/mol. The first-order valence-electron chi connectivity index (χ1n) is 7.54. The molecule has 0 spiro atoms. The molecule has 0 atom stereocenters. The highest BCUT2D eigenvalue weighted by atomic mass is 35.5. The van der Waals surface area contributed by atoms with E-state index in [9.17, 15) is 0 Å². The second-order valence-corrected chi connectivity index (χ2v) is 5.86. The Bertz CT molecular complexity index is 588. The van der Waals surface area contributed by atoms with Gasteiger partial charge in [0.05, 0.1) is 11.6 Å². The summed E-state index contributed by atoms with van der Waals surface area (Å²) in [4.78, 5) is 4.93. The molecule has 1 aromatic heterocycles. The number of nitrogens with zero attached hydrogens (tertiary/aromatic N) is 2. The van der Waals surface area contributed by atoms with Gasteiger partial charge in [-0.2, -0.15) is 0 Å². The van der Waals surface area contributed by atoms with E-state index in [2.05, 4.69) is 22.8 Å². The molecular formula is C17H21ClN2O. The topological polar surface area (TPSA) is 19.6 Å². The van der Waals surface area contributed by atoms with Crippen LogP contribution in [0.5, 0.6) is 0 Å². The van der Waals surface area contributed by atoms with Gasteiger partial charge in [0.2, 0.25) is 0 Å². The van der Waals surface area contributed by atoms with Crippen LogP contribution in [0.15, 0.2) is 40.8 Å². The zero-order chi connectivity index (χ0) is 14.7. The highest BCUT2D eigenvalue weighted by Gasteiger charge is 2.17. The monoisotopic (exact) mass is 304 g/mol. The molecule has 1 aromatic carbocycles. The average molecular weight is 305 g/mol. The first-order chi connectivity index (χ1) is 10.3. The largest absolute Gasteiger partial charge is 0.460 e. The third kappa shape index (κ3) is 3.49. The van der Waals surface area contributed by atoms with Gasteiger partial charge in [0.25, 0.3) is 0 Å². The Hall–Kier alpha value is -1.29. The summed E-state index contributed by atoms with van der Waals surface area (Å²) in [6, 6.07) is 11.9. The van der Waals surface area contributed by atoms with E-state index in [4.69, 9.17) is 16.0 Å². The lowest BCUT2D eigenvalue weighted by atomic mass is 10.2. The normalized spacial score (nSPS) is 17.2. The van der Waals surface area contributed by atoms with Crippen molar-refractivity contribution in [1.82, 2.24) is 9.80 Å². The fourth-order valence-electron chi connectivity index (χ4n) is 2.75. The van der Waals surface area contributed by atoms with Crippen LogP contribution in [0.25, 0.3) is 11.3 Å². The molecule has 3 rings (SSSR count). The molecule has 1 fully saturated rings. The SMILES string of the molecule is CCN1CCN(Cc2ccc(-c3ccccc3Cl)o2)CC1. The number of halogens is 1. The third-order valence-electron chi connectivity index (χ3n) is 4.09. The highest BCUT2D eigenvalue weighted by Crippen LogP contribution is 2.29. The zero-order valence-electron chi connectivity index (χ0n) is 12.4. The smallest absolute Gasteiger partial charge is 0.135 e. The lowest BCUT2D eigenvalue weighted by Crippen LogP contribution is -2.45. The molecule has 112 valence electrons. The first-order valence-corrected chi connectivity index (χ1v) is 7.92. The molecular weight excluding hydrogens is 284 g/mol. The minimum absolute atomic E-state index is 0.731. The number of benzene rings is 1. The second-order valence-electron chi connectivity index (χ2n) is 5.46. The molecule has 2 aromatic rings. The van der Waals surface area contributed by atoms with Crippen molar-refractivity contribution < 1.29 is 4.42 Å². The van der Waals surface area contributed by atoms with Crippen LogP contribution in [0.4, 0.5) is 0 Å². The fourth-order valence-corrected chi connectivity index (χ4v) is 2.98. The van der Waals surface area contributed by atoms with Gasteiger partial charge < -0.3 is 9.32 Å². The van der Waals surface area contributed by atoms with Gasteiger partial charge in [0, 0.05) is 31.7 Å². The van der Waals surface area contributed by atoms with Crippen LogP contribution in [0, 0.1) is 0 Å². The second kappa shape index (κ2) is 6.65. The van der Waals surface area contributed by atoms with Crippen molar-refractivity contribution >= 4 is 11.6 Å². The van der Waals surface area contributed by atoms with Crippen molar-refractivity contribution in [2.75, 3.05) is 32.7 Å². The van der Waals surface area contributed by atoms with Crippen LogP contribution >= 0.6 is 11.6 Å². The van der Waals surface area contributed by atoms with E-state index in [0.717, 1.165) is 61.4 Å². The van der Waals surface area contributed by atoms with Gasteiger partial charge in [-0.05, 0) is 30.8 Å². The van der Waals surface area contributed by atoms with E-state index in [0.29, 0.717) is 0 Å². The lowest BCUT2D eigenvalue weighted by Gasteiger charge is -2.33. The summed E-state index contributed by atoms with van der Waals surface area (Å²) < 4.78 is 5.97. The molecule has 0 unspecified atom stereocenters.